The van der Waals surface area contributed by atoms with E-state index in [1.807, 2.05) is 0 Å². The van der Waals surface area contributed by atoms with Crippen molar-refractivity contribution in [3.63, 3.8) is 0 Å². The molecule has 4 aliphatic rings. The van der Waals surface area contributed by atoms with Crippen molar-refractivity contribution in [1.29, 1.82) is 0 Å². The van der Waals surface area contributed by atoms with Crippen LogP contribution in [0.1, 0.15) is 48.9 Å². The van der Waals surface area contributed by atoms with Gasteiger partial charge in [0.2, 0.25) is 0 Å². The predicted molar refractivity (Wildman–Crippen MR) is 119 cm³/mol. The number of pyridine rings is 1. The number of nitrogens with zero attached hydrogens (tertiary/aromatic N) is 1. The smallest absolute Gasteiger partial charge is 0.342 e. The molecule has 0 spiro atoms. The summed E-state index contributed by atoms with van der Waals surface area (Å²) in [5.74, 6) is 1.42. The number of benzene rings is 1. The number of hydrogen-bond acceptors (Lipinski definition) is 6. The van der Waals surface area contributed by atoms with Gasteiger partial charge in [0, 0.05) is 11.7 Å². The molecule has 0 radical (unpaired) electrons. The topological polar surface area (TPSA) is 107 Å². The Morgan fingerprint density at radius 3 is 2.33 bits per heavy atom. The molecule has 0 unspecified atom stereocenters. The van der Waals surface area contributed by atoms with E-state index in [0.29, 0.717) is 23.5 Å². The minimum absolute atomic E-state index is 0.173. The van der Waals surface area contributed by atoms with Gasteiger partial charge in [0.25, 0.3) is 5.91 Å². The van der Waals surface area contributed by atoms with E-state index >= 15 is 0 Å². The molecule has 6 rings (SSSR count). The molecule has 33 heavy (non-hydrogen) atoms. The van der Waals surface area contributed by atoms with Gasteiger partial charge in [-0.2, -0.15) is 0 Å². The molecule has 172 valence electrons. The van der Waals surface area contributed by atoms with Crippen molar-refractivity contribution in [1.82, 2.24) is 15.6 Å². The minimum atomic E-state index is -0.717. The van der Waals surface area contributed by atoms with E-state index in [1.54, 1.807) is 42.6 Å². The number of rotatable bonds is 6. The lowest BCUT2D eigenvalue weighted by Gasteiger charge is -2.56. The van der Waals surface area contributed by atoms with Crippen LogP contribution >= 0.6 is 0 Å². The Hall–Kier alpha value is -3.42. The van der Waals surface area contributed by atoms with Gasteiger partial charge in [-0.15, -0.1) is 0 Å². The van der Waals surface area contributed by atoms with Gasteiger partial charge >= 0.3 is 12.0 Å². The third-order valence-electron chi connectivity index (χ3n) is 6.97. The number of imide groups is 1. The number of hydrogen-bond donors (Lipinski definition) is 2. The van der Waals surface area contributed by atoms with Crippen molar-refractivity contribution in [2.45, 2.75) is 44.1 Å². The molecule has 4 saturated carbocycles. The summed E-state index contributed by atoms with van der Waals surface area (Å²) >= 11 is 0. The largest absolute Gasteiger partial charge is 0.455 e. The number of urea groups is 1. The zero-order valence-corrected chi connectivity index (χ0v) is 18.3. The summed E-state index contributed by atoms with van der Waals surface area (Å²) in [4.78, 5) is 41.3. The number of aromatic nitrogens is 1. The van der Waals surface area contributed by atoms with Gasteiger partial charge in [0.1, 0.15) is 17.1 Å². The Morgan fingerprint density at radius 1 is 0.970 bits per heavy atom. The van der Waals surface area contributed by atoms with Crippen LogP contribution in [0.2, 0.25) is 0 Å². The summed E-state index contributed by atoms with van der Waals surface area (Å²) in [6.45, 7) is -0.561. The van der Waals surface area contributed by atoms with Crippen molar-refractivity contribution in [2.24, 2.45) is 17.8 Å². The van der Waals surface area contributed by atoms with Crippen LogP contribution in [0.25, 0.3) is 0 Å². The molecule has 1 heterocycles. The average Bonchev–Trinajstić information content (AvgIpc) is 2.77. The maximum atomic E-state index is 12.5. The molecule has 0 aliphatic heterocycles. The second-order valence-corrected chi connectivity index (χ2v) is 9.56. The van der Waals surface area contributed by atoms with E-state index in [4.69, 9.17) is 9.47 Å². The molecule has 0 saturated heterocycles. The molecule has 8 nitrogen and oxygen atoms in total. The third kappa shape index (κ3) is 4.84. The zero-order chi connectivity index (χ0) is 22.8. The predicted octanol–water partition coefficient (Wildman–Crippen LogP) is 3.83. The van der Waals surface area contributed by atoms with E-state index < -0.39 is 24.5 Å². The highest BCUT2D eigenvalue weighted by Crippen LogP contribution is 2.55. The normalized spacial score (nSPS) is 27.0. The maximum absolute atomic E-state index is 12.5. The number of ether oxygens (including phenoxy) is 2. The fourth-order valence-corrected chi connectivity index (χ4v) is 6.17. The van der Waals surface area contributed by atoms with Gasteiger partial charge in [0.05, 0.1) is 6.20 Å². The lowest BCUT2D eigenvalue weighted by Crippen LogP contribution is -2.62. The van der Waals surface area contributed by atoms with Gasteiger partial charge in [-0.25, -0.2) is 9.59 Å². The van der Waals surface area contributed by atoms with Crippen molar-refractivity contribution in [2.75, 3.05) is 6.61 Å². The van der Waals surface area contributed by atoms with Gasteiger partial charge in [-0.05, 0) is 80.5 Å². The van der Waals surface area contributed by atoms with E-state index in [2.05, 4.69) is 15.6 Å². The molecule has 1 aromatic heterocycles. The summed E-state index contributed by atoms with van der Waals surface area (Å²) in [6, 6.07) is 9.49. The van der Waals surface area contributed by atoms with Crippen molar-refractivity contribution >= 4 is 17.9 Å². The Bertz CT molecular complexity index is 1020. The lowest BCUT2D eigenvalue weighted by molar-refractivity contribution is -0.123. The highest BCUT2D eigenvalue weighted by Gasteiger charge is 2.51. The third-order valence-corrected chi connectivity index (χ3v) is 6.97. The molecule has 4 bridgehead atoms. The molecule has 4 fully saturated rings. The molecule has 3 amide bonds. The van der Waals surface area contributed by atoms with Gasteiger partial charge in [-0.1, -0.05) is 12.1 Å². The van der Waals surface area contributed by atoms with E-state index in [1.165, 1.54) is 25.5 Å². The van der Waals surface area contributed by atoms with Crippen molar-refractivity contribution in [3.8, 4) is 11.5 Å². The van der Waals surface area contributed by atoms with Crippen LogP contribution in [0.4, 0.5) is 4.79 Å². The Labute approximate surface area is 192 Å². The van der Waals surface area contributed by atoms with Crippen LogP contribution in [-0.2, 0) is 9.53 Å². The zero-order valence-electron chi connectivity index (χ0n) is 18.3. The first-order chi connectivity index (χ1) is 16.0. The van der Waals surface area contributed by atoms with Gasteiger partial charge in [0.15, 0.2) is 6.61 Å². The first-order valence-corrected chi connectivity index (χ1v) is 11.4. The molecule has 2 N–H and O–H groups in total. The second kappa shape index (κ2) is 8.84. The lowest BCUT2D eigenvalue weighted by atomic mass is 9.53. The van der Waals surface area contributed by atoms with Gasteiger partial charge < -0.3 is 14.8 Å². The maximum Gasteiger partial charge on any atom is 0.342 e. The van der Waals surface area contributed by atoms with Crippen LogP contribution in [0.15, 0.2) is 48.8 Å². The first-order valence-electron chi connectivity index (χ1n) is 11.4. The molecule has 1 aromatic carbocycles. The number of carbonyl (C=O) groups is 3. The second-order valence-electron chi connectivity index (χ2n) is 9.56. The Kier molecular flexibility index (Phi) is 5.74. The summed E-state index contributed by atoms with van der Waals surface area (Å²) in [5, 5.41) is 5.38. The Balaban J connectivity index is 1.13. The molecular formula is C25H27N3O5. The quantitative estimate of drug-likeness (QED) is 0.650. The van der Waals surface area contributed by atoms with E-state index in [9.17, 15) is 14.4 Å². The fraction of sp³-hybridized carbons (Fsp3) is 0.440. The van der Waals surface area contributed by atoms with E-state index in [-0.39, 0.29) is 16.9 Å². The molecule has 2 aromatic rings. The van der Waals surface area contributed by atoms with Crippen molar-refractivity contribution < 1.29 is 23.9 Å². The van der Waals surface area contributed by atoms with Crippen LogP contribution < -0.4 is 15.4 Å². The summed E-state index contributed by atoms with van der Waals surface area (Å²) in [5.41, 5.74) is -0.0228. The number of amides is 3. The minimum Gasteiger partial charge on any atom is -0.455 e. The SMILES string of the molecule is O=C(COC(=O)c1ccccc1Oc1cccnc1)NC(=O)NC12CC3CC(CC(C3)C1)C2. The van der Waals surface area contributed by atoms with Crippen LogP contribution in [-0.4, -0.2) is 35.0 Å². The molecule has 8 heteroatoms. The summed E-state index contributed by atoms with van der Waals surface area (Å²) in [6.07, 6.45) is 9.91. The Morgan fingerprint density at radius 2 is 1.67 bits per heavy atom. The first kappa shape index (κ1) is 21.4. The average molecular weight is 450 g/mol. The molecule has 0 atom stereocenters. The summed E-state index contributed by atoms with van der Waals surface area (Å²) in [7, 11) is 0. The van der Waals surface area contributed by atoms with Crippen LogP contribution in [0, 0.1) is 17.8 Å². The highest BCUT2D eigenvalue weighted by molar-refractivity contribution is 5.98. The fourth-order valence-electron chi connectivity index (χ4n) is 6.17. The van der Waals surface area contributed by atoms with Gasteiger partial charge in [-0.3, -0.25) is 15.1 Å². The van der Waals surface area contributed by atoms with Crippen LogP contribution in [0.5, 0.6) is 11.5 Å². The standard InChI is InChI=1S/C25H27N3O5/c29-22(27-24(31)28-25-11-16-8-17(12-25)10-18(9-16)13-25)15-32-23(30)20-5-1-2-6-21(20)33-19-4-3-7-26-14-19/h1-7,14,16-18H,8-13,15H2,(H2,27,28,29,31). The summed E-state index contributed by atoms with van der Waals surface area (Å²) < 4.78 is 10.8. The van der Waals surface area contributed by atoms with Crippen LogP contribution in [0.3, 0.4) is 0 Å². The molecular weight excluding hydrogens is 422 g/mol. The van der Waals surface area contributed by atoms with E-state index in [0.717, 1.165) is 19.3 Å². The highest BCUT2D eigenvalue weighted by atomic mass is 16.5. The monoisotopic (exact) mass is 449 g/mol. The number of para-hydroxylation sites is 1. The van der Waals surface area contributed by atoms with Crippen molar-refractivity contribution in [3.05, 3.63) is 54.4 Å². The molecule has 4 aliphatic carbocycles. The number of esters is 1. The number of carbonyl (C=O) groups excluding carboxylic acids is 3. The number of nitrogens with one attached hydrogen (secondary N) is 2.